The molecule has 0 aliphatic carbocycles. The first-order chi connectivity index (χ1) is 12.2. The number of hydrogen-bond acceptors (Lipinski definition) is 3. The lowest BCUT2D eigenvalue weighted by molar-refractivity contribution is 0.241. The summed E-state index contributed by atoms with van der Waals surface area (Å²) in [6, 6.07) is 9.42. The van der Waals surface area contributed by atoms with E-state index in [1.165, 1.54) is 44.0 Å². The summed E-state index contributed by atoms with van der Waals surface area (Å²) >= 11 is 0. The molecular weight excluding hydrogens is 326 g/mol. The first kappa shape index (κ1) is 22.1. The topological polar surface area (TPSA) is 21.7 Å². The first-order valence-corrected chi connectivity index (χ1v) is 11.7. The fraction of sp³-hybridized carbons (Fsp3) is 0.619. The molecule has 0 heterocycles. The fourth-order valence-corrected chi connectivity index (χ4v) is 5.90. The van der Waals surface area contributed by atoms with E-state index in [0.717, 1.165) is 24.6 Å². The summed E-state index contributed by atoms with van der Waals surface area (Å²) in [7, 11) is 1.22. The summed E-state index contributed by atoms with van der Waals surface area (Å²) < 4.78 is 12.0. The number of benzene rings is 1. The van der Waals surface area contributed by atoms with E-state index in [-0.39, 0.29) is 0 Å². The molecule has 1 rings (SSSR count). The smallest absolute Gasteiger partial charge is 0.372 e. The molecule has 1 aromatic carbocycles. The van der Waals surface area contributed by atoms with Gasteiger partial charge < -0.3 is 13.8 Å². The van der Waals surface area contributed by atoms with Gasteiger partial charge in [0.25, 0.3) is 0 Å². The third-order valence-corrected chi connectivity index (χ3v) is 8.38. The van der Waals surface area contributed by atoms with Gasteiger partial charge >= 0.3 is 8.56 Å². The Morgan fingerprint density at radius 2 is 1.60 bits per heavy atom. The van der Waals surface area contributed by atoms with Crippen LogP contribution in [0, 0.1) is 0 Å². The highest BCUT2D eigenvalue weighted by atomic mass is 28.4. The lowest BCUT2D eigenvalue weighted by atomic mass is 10.2. The molecular formula is C21H37NO2Si. The lowest BCUT2D eigenvalue weighted by Gasteiger charge is -2.29. The minimum atomic E-state index is -2.37. The van der Waals surface area contributed by atoms with E-state index in [2.05, 4.69) is 49.6 Å². The maximum absolute atomic E-state index is 5.98. The van der Waals surface area contributed by atoms with Crippen LogP contribution >= 0.6 is 0 Å². The highest BCUT2D eigenvalue weighted by Gasteiger charge is 2.37. The Kier molecular flexibility index (Phi) is 11.0. The van der Waals surface area contributed by atoms with E-state index < -0.39 is 8.56 Å². The van der Waals surface area contributed by atoms with Gasteiger partial charge in [-0.15, -0.1) is 0 Å². The van der Waals surface area contributed by atoms with E-state index in [1.54, 1.807) is 14.2 Å². The molecule has 0 aliphatic heterocycles. The summed E-state index contributed by atoms with van der Waals surface area (Å²) in [5.74, 6) is 0. The van der Waals surface area contributed by atoms with Crippen molar-refractivity contribution in [1.82, 2.24) is 4.90 Å². The van der Waals surface area contributed by atoms with E-state index in [9.17, 15) is 0 Å². The van der Waals surface area contributed by atoms with Crippen molar-refractivity contribution in [1.29, 1.82) is 0 Å². The van der Waals surface area contributed by atoms with Gasteiger partial charge in [-0.25, -0.2) is 0 Å². The Balaban J connectivity index is 2.73. The van der Waals surface area contributed by atoms with Crippen molar-refractivity contribution < 1.29 is 8.85 Å². The average molecular weight is 364 g/mol. The van der Waals surface area contributed by atoms with Gasteiger partial charge in [0.1, 0.15) is 0 Å². The summed E-state index contributed by atoms with van der Waals surface area (Å²) in [6.07, 6.45) is 8.06. The zero-order chi connectivity index (χ0) is 18.5. The third kappa shape index (κ3) is 7.06. The number of hydrogen-bond donors (Lipinski definition) is 0. The van der Waals surface area contributed by atoms with Crippen molar-refractivity contribution in [2.75, 3.05) is 33.9 Å². The molecule has 0 saturated carbocycles. The fourth-order valence-electron chi connectivity index (χ4n) is 3.20. The van der Waals surface area contributed by atoms with Crippen LogP contribution in [0.15, 0.2) is 30.8 Å². The molecule has 0 saturated heterocycles. The SMILES string of the molecule is C=Cc1cccc([Si](CCCN(CCCC)CCCC)(OC)OC)c1. The maximum Gasteiger partial charge on any atom is 0.372 e. The van der Waals surface area contributed by atoms with Gasteiger partial charge in [-0.2, -0.15) is 0 Å². The second-order valence-electron chi connectivity index (χ2n) is 6.64. The molecule has 142 valence electrons. The lowest BCUT2D eigenvalue weighted by Crippen LogP contribution is -2.52. The molecule has 0 fully saturated rings. The Labute approximate surface area is 156 Å². The van der Waals surface area contributed by atoms with Crippen LogP contribution in [0.5, 0.6) is 0 Å². The van der Waals surface area contributed by atoms with Crippen LogP contribution in [0.3, 0.4) is 0 Å². The van der Waals surface area contributed by atoms with Crippen molar-refractivity contribution >= 4 is 19.8 Å². The monoisotopic (exact) mass is 363 g/mol. The van der Waals surface area contributed by atoms with Gasteiger partial charge in [0.15, 0.2) is 0 Å². The molecule has 0 atom stereocenters. The predicted molar refractivity (Wildman–Crippen MR) is 112 cm³/mol. The summed E-state index contributed by atoms with van der Waals surface area (Å²) in [6.45, 7) is 11.9. The second kappa shape index (κ2) is 12.4. The Bertz CT molecular complexity index is 481. The molecule has 0 aromatic heterocycles. The molecule has 4 heteroatoms. The molecule has 3 nitrogen and oxygen atoms in total. The van der Waals surface area contributed by atoms with Crippen molar-refractivity contribution in [2.45, 2.75) is 52.0 Å². The first-order valence-electron chi connectivity index (χ1n) is 9.71. The maximum atomic E-state index is 5.98. The van der Waals surface area contributed by atoms with Gasteiger partial charge in [-0.05, 0) is 55.7 Å². The Hall–Kier alpha value is -0.943. The zero-order valence-electron chi connectivity index (χ0n) is 16.7. The standard InChI is InChI=1S/C21H37NO2Si/c1-6-9-15-22(16-10-7-2)17-12-18-25(23-4,24-5)21-14-11-13-20(8-3)19-21/h8,11,13-14,19H,3,6-7,9-10,12,15-18H2,1-2,4-5H3. The van der Waals surface area contributed by atoms with Gasteiger partial charge in [0, 0.05) is 14.2 Å². The quantitative estimate of drug-likeness (QED) is 0.452. The van der Waals surface area contributed by atoms with Crippen molar-refractivity contribution in [3.8, 4) is 0 Å². The van der Waals surface area contributed by atoms with Gasteiger partial charge in [-0.3, -0.25) is 0 Å². The van der Waals surface area contributed by atoms with E-state index in [4.69, 9.17) is 8.85 Å². The van der Waals surface area contributed by atoms with Crippen LogP contribution in [0.2, 0.25) is 6.04 Å². The number of unbranched alkanes of at least 4 members (excludes halogenated alkanes) is 2. The van der Waals surface area contributed by atoms with Crippen LogP contribution in [0.25, 0.3) is 6.08 Å². The molecule has 25 heavy (non-hydrogen) atoms. The highest BCUT2D eigenvalue weighted by molar-refractivity contribution is 6.81. The normalized spacial score (nSPS) is 11.9. The van der Waals surface area contributed by atoms with Crippen LogP contribution < -0.4 is 5.19 Å². The Morgan fingerprint density at radius 3 is 2.12 bits per heavy atom. The largest absolute Gasteiger partial charge is 0.394 e. The van der Waals surface area contributed by atoms with E-state index in [0.29, 0.717) is 0 Å². The minimum Gasteiger partial charge on any atom is -0.394 e. The van der Waals surface area contributed by atoms with Crippen molar-refractivity contribution in [2.24, 2.45) is 0 Å². The van der Waals surface area contributed by atoms with Gasteiger partial charge in [0.05, 0.1) is 0 Å². The Morgan fingerprint density at radius 1 is 1.00 bits per heavy atom. The average Bonchev–Trinajstić information content (AvgIpc) is 2.67. The third-order valence-electron chi connectivity index (χ3n) is 4.86. The molecule has 0 radical (unpaired) electrons. The van der Waals surface area contributed by atoms with Crippen LogP contribution in [0.1, 0.15) is 51.5 Å². The highest BCUT2D eigenvalue weighted by Crippen LogP contribution is 2.17. The number of nitrogens with zero attached hydrogens (tertiary/aromatic N) is 1. The van der Waals surface area contributed by atoms with Crippen molar-refractivity contribution in [3.63, 3.8) is 0 Å². The molecule has 0 N–H and O–H groups in total. The van der Waals surface area contributed by atoms with E-state index in [1.807, 2.05) is 6.08 Å². The van der Waals surface area contributed by atoms with Crippen LogP contribution in [-0.4, -0.2) is 47.3 Å². The van der Waals surface area contributed by atoms with E-state index >= 15 is 0 Å². The second-order valence-corrected chi connectivity index (χ2v) is 10.0. The number of rotatable bonds is 14. The molecule has 0 spiro atoms. The molecule has 0 unspecified atom stereocenters. The molecule has 0 amide bonds. The van der Waals surface area contributed by atoms with Crippen LogP contribution in [0.4, 0.5) is 0 Å². The zero-order valence-corrected chi connectivity index (χ0v) is 17.7. The van der Waals surface area contributed by atoms with Crippen LogP contribution in [-0.2, 0) is 8.85 Å². The summed E-state index contributed by atoms with van der Waals surface area (Å²) in [5, 5.41) is 1.20. The minimum absolute atomic E-state index is 0.981. The summed E-state index contributed by atoms with van der Waals surface area (Å²) in [5.41, 5.74) is 1.12. The molecule has 0 bridgehead atoms. The van der Waals surface area contributed by atoms with Crippen molar-refractivity contribution in [3.05, 3.63) is 36.4 Å². The predicted octanol–water partition coefficient (Wildman–Crippen LogP) is 4.56. The molecule has 1 aromatic rings. The van der Waals surface area contributed by atoms with Gasteiger partial charge in [0.2, 0.25) is 0 Å². The molecule has 0 aliphatic rings. The summed E-state index contributed by atoms with van der Waals surface area (Å²) in [4.78, 5) is 2.61. The van der Waals surface area contributed by atoms with Gasteiger partial charge in [-0.1, -0.05) is 63.6 Å².